The SMILES string of the molecule is CCCCC(=O)N1CCCCCCN(C)C(=O)c2ccccc2OC[C@H]1Cc1ccccc1. The molecule has 0 aromatic heterocycles. The van der Waals surface area contributed by atoms with E-state index in [1.165, 1.54) is 5.56 Å². The van der Waals surface area contributed by atoms with E-state index in [9.17, 15) is 9.59 Å². The number of hydrogen-bond donors (Lipinski definition) is 0. The molecule has 178 valence electrons. The lowest BCUT2D eigenvalue weighted by Gasteiger charge is -2.33. The molecular weight excluding hydrogens is 412 g/mol. The van der Waals surface area contributed by atoms with Gasteiger partial charge in [0.2, 0.25) is 5.91 Å². The minimum absolute atomic E-state index is 0.0156. The van der Waals surface area contributed by atoms with Crippen molar-refractivity contribution < 1.29 is 14.3 Å². The molecule has 0 bridgehead atoms. The second kappa shape index (κ2) is 13.0. The molecule has 1 heterocycles. The molecule has 0 fully saturated rings. The summed E-state index contributed by atoms with van der Waals surface area (Å²) in [5.74, 6) is 0.779. The Labute approximate surface area is 198 Å². The number of ether oxygens (including phenoxy) is 1. The monoisotopic (exact) mass is 450 g/mol. The number of amides is 2. The van der Waals surface area contributed by atoms with Gasteiger partial charge >= 0.3 is 0 Å². The summed E-state index contributed by atoms with van der Waals surface area (Å²) in [5.41, 5.74) is 1.77. The van der Waals surface area contributed by atoms with Crippen LogP contribution < -0.4 is 4.74 Å². The van der Waals surface area contributed by atoms with Gasteiger partial charge in [-0.1, -0.05) is 68.7 Å². The van der Waals surface area contributed by atoms with Crippen LogP contribution in [0.15, 0.2) is 54.6 Å². The first-order valence-corrected chi connectivity index (χ1v) is 12.4. The van der Waals surface area contributed by atoms with Gasteiger partial charge in [-0.3, -0.25) is 9.59 Å². The van der Waals surface area contributed by atoms with E-state index in [-0.39, 0.29) is 17.9 Å². The van der Waals surface area contributed by atoms with Crippen molar-refractivity contribution in [2.75, 3.05) is 26.7 Å². The molecule has 5 heteroatoms. The Kier molecular flexibility index (Phi) is 9.79. The van der Waals surface area contributed by atoms with E-state index in [1.54, 1.807) is 4.90 Å². The summed E-state index contributed by atoms with van der Waals surface area (Å²) in [6, 6.07) is 17.7. The number of carbonyl (C=O) groups is 2. The van der Waals surface area contributed by atoms with E-state index in [0.717, 1.165) is 58.0 Å². The topological polar surface area (TPSA) is 49.9 Å². The molecular formula is C28H38N2O3. The molecule has 0 aliphatic carbocycles. The van der Waals surface area contributed by atoms with Crippen LogP contribution in [0.25, 0.3) is 0 Å². The number of nitrogens with zero attached hydrogens (tertiary/aromatic N) is 2. The molecule has 0 N–H and O–H groups in total. The smallest absolute Gasteiger partial charge is 0.257 e. The lowest BCUT2D eigenvalue weighted by atomic mass is 10.0. The Hall–Kier alpha value is -2.82. The Morgan fingerprint density at radius 2 is 1.67 bits per heavy atom. The van der Waals surface area contributed by atoms with Crippen LogP contribution in [0.5, 0.6) is 5.75 Å². The molecule has 2 amide bonds. The quantitative estimate of drug-likeness (QED) is 0.618. The molecule has 1 aliphatic rings. The van der Waals surface area contributed by atoms with Gasteiger partial charge in [-0.2, -0.15) is 0 Å². The fourth-order valence-electron chi connectivity index (χ4n) is 4.37. The molecule has 33 heavy (non-hydrogen) atoms. The molecule has 3 rings (SSSR count). The second-order valence-corrected chi connectivity index (χ2v) is 8.98. The van der Waals surface area contributed by atoms with E-state index >= 15 is 0 Å². The van der Waals surface area contributed by atoms with Crippen molar-refractivity contribution >= 4 is 11.8 Å². The minimum atomic E-state index is -0.0828. The standard InChI is InChI=1S/C28H38N2O3/c1-3-4-18-27(31)30-20-13-6-5-12-19-29(2)28(32)25-16-10-11-17-26(25)33-22-24(30)21-23-14-8-7-9-15-23/h7-11,14-17,24H,3-6,12-13,18-22H2,1-2H3/t24-/m1/s1. The lowest BCUT2D eigenvalue weighted by molar-refractivity contribution is -0.134. The van der Waals surface area contributed by atoms with Gasteiger partial charge in [0.05, 0.1) is 11.6 Å². The van der Waals surface area contributed by atoms with Crippen LogP contribution in [0.4, 0.5) is 0 Å². The van der Waals surface area contributed by atoms with E-state index < -0.39 is 0 Å². The number of benzene rings is 2. The van der Waals surface area contributed by atoms with Crippen molar-refractivity contribution in [2.24, 2.45) is 0 Å². The van der Waals surface area contributed by atoms with Crippen LogP contribution in [0.2, 0.25) is 0 Å². The molecule has 0 saturated heterocycles. The van der Waals surface area contributed by atoms with E-state index in [2.05, 4.69) is 19.1 Å². The lowest BCUT2D eigenvalue weighted by Crippen LogP contribution is -2.45. The normalized spacial score (nSPS) is 18.2. The zero-order valence-corrected chi connectivity index (χ0v) is 20.2. The van der Waals surface area contributed by atoms with Crippen LogP contribution in [0.1, 0.15) is 67.8 Å². The van der Waals surface area contributed by atoms with Crippen LogP contribution >= 0.6 is 0 Å². The first-order valence-electron chi connectivity index (χ1n) is 12.4. The zero-order valence-electron chi connectivity index (χ0n) is 20.2. The van der Waals surface area contributed by atoms with Gasteiger partial charge in [0.1, 0.15) is 12.4 Å². The summed E-state index contributed by atoms with van der Waals surface area (Å²) < 4.78 is 6.28. The van der Waals surface area contributed by atoms with Crippen LogP contribution in [-0.4, -0.2) is 54.4 Å². The Morgan fingerprint density at radius 3 is 2.42 bits per heavy atom. The van der Waals surface area contributed by atoms with Gasteiger partial charge in [-0.15, -0.1) is 0 Å². The average Bonchev–Trinajstić information content (AvgIpc) is 2.84. The maximum absolute atomic E-state index is 13.2. The Bertz CT molecular complexity index is 884. The Balaban J connectivity index is 1.90. The molecule has 1 atom stereocenters. The van der Waals surface area contributed by atoms with Gasteiger partial charge in [0.25, 0.3) is 5.91 Å². The number of para-hydroxylation sites is 1. The van der Waals surface area contributed by atoms with Crippen molar-refractivity contribution in [2.45, 2.75) is 64.3 Å². The maximum atomic E-state index is 13.2. The third kappa shape index (κ3) is 7.34. The van der Waals surface area contributed by atoms with Crippen LogP contribution in [0.3, 0.4) is 0 Å². The van der Waals surface area contributed by atoms with Gasteiger partial charge in [-0.05, 0) is 43.4 Å². The number of rotatable bonds is 5. The van der Waals surface area contributed by atoms with E-state index in [4.69, 9.17) is 4.74 Å². The minimum Gasteiger partial charge on any atom is -0.491 e. The average molecular weight is 451 g/mol. The van der Waals surface area contributed by atoms with Crippen molar-refractivity contribution in [3.63, 3.8) is 0 Å². The summed E-state index contributed by atoms with van der Waals surface area (Å²) in [7, 11) is 1.86. The van der Waals surface area contributed by atoms with Gasteiger partial charge in [0.15, 0.2) is 0 Å². The number of carbonyl (C=O) groups excluding carboxylic acids is 2. The van der Waals surface area contributed by atoms with E-state index in [1.807, 2.05) is 54.4 Å². The highest BCUT2D eigenvalue weighted by atomic mass is 16.5. The molecule has 0 spiro atoms. The molecule has 0 unspecified atom stereocenters. The molecule has 1 aliphatic heterocycles. The fraction of sp³-hybridized carbons (Fsp3) is 0.500. The van der Waals surface area contributed by atoms with Crippen molar-refractivity contribution in [1.29, 1.82) is 0 Å². The van der Waals surface area contributed by atoms with Crippen molar-refractivity contribution in [3.05, 3.63) is 65.7 Å². The second-order valence-electron chi connectivity index (χ2n) is 8.98. The number of hydrogen-bond acceptors (Lipinski definition) is 3. The predicted octanol–water partition coefficient (Wildman–Crippen LogP) is 5.34. The van der Waals surface area contributed by atoms with Gasteiger partial charge < -0.3 is 14.5 Å². The van der Waals surface area contributed by atoms with Crippen LogP contribution in [0, 0.1) is 0 Å². The third-order valence-electron chi connectivity index (χ3n) is 6.36. The molecule has 2 aromatic carbocycles. The summed E-state index contributed by atoms with van der Waals surface area (Å²) in [4.78, 5) is 30.1. The summed E-state index contributed by atoms with van der Waals surface area (Å²) >= 11 is 0. The highest BCUT2D eigenvalue weighted by Crippen LogP contribution is 2.22. The summed E-state index contributed by atoms with van der Waals surface area (Å²) in [5, 5.41) is 0. The maximum Gasteiger partial charge on any atom is 0.257 e. The molecule has 2 aromatic rings. The summed E-state index contributed by atoms with van der Waals surface area (Å²) in [6.07, 6.45) is 7.24. The zero-order chi connectivity index (χ0) is 23.5. The fourth-order valence-corrected chi connectivity index (χ4v) is 4.37. The third-order valence-corrected chi connectivity index (χ3v) is 6.36. The molecule has 0 radical (unpaired) electrons. The summed E-state index contributed by atoms with van der Waals surface area (Å²) in [6.45, 7) is 3.95. The molecule has 5 nitrogen and oxygen atoms in total. The number of fused-ring (bicyclic) bond motifs is 1. The highest BCUT2D eigenvalue weighted by molar-refractivity contribution is 5.96. The van der Waals surface area contributed by atoms with Crippen LogP contribution in [-0.2, 0) is 11.2 Å². The highest BCUT2D eigenvalue weighted by Gasteiger charge is 2.25. The predicted molar refractivity (Wildman–Crippen MR) is 133 cm³/mol. The van der Waals surface area contributed by atoms with Gasteiger partial charge in [0, 0.05) is 26.6 Å². The molecule has 0 saturated carbocycles. The Morgan fingerprint density at radius 1 is 0.970 bits per heavy atom. The van der Waals surface area contributed by atoms with E-state index in [0.29, 0.717) is 24.3 Å². The first kappa shape index (κ1) is 24.8. The van der Waals surface area contributed by atoms with Crippen molar-refractivity contribution in [1.82, 2.24) is 9.80 Å². The first-order chi connectivity index (χ1) is 16.1. The largest absolute Gasteiger partial charge is 0.491 e. The van der Waals surface area contributed by atoms with Gasteiger partial charge in [-0.25, -0.2) is 0 Å². The number of unbranched alkanes of at least 4 members (excludes halogenated alkanes) is 1. The van der Waals surface area contributed by atoms with Crippen molar-refractivity contribution in [3.8, 4) is 5.75 Å².